The fourth-order valence-electron chi connectivity index (χ4n) is 1.51. The number of para-hydroxylation sites is 1. The first-order valence-electron chi connectivity index (χ1n) is 4.52. The zero-order valence-electron chi connectivity index (χ0n) is 8.28. The van der Waals surface area contributed by atoms with Crippen LogP contribution < -0.4 is 0 Å². The monoisotopic (exact) mass is 236 g/mol. The summed E-state index contributed by atoms with van der Waals surface area (Å²) in [5, 5.41) is 5.72. The second-order valence-corrected chi connectivity index (χ2v) is 14.3. The fraction of sp³-hybridized carbons (Fsp3) is 0.300. The molecule has 0 amide bonds. The molecule has 0 atom stereocenters. The van der Waals surface area contributed by atoms with E-state index in [0.717, 1.165) is 0 Å². The van der Waals surface area contributed by atoms with Crippen LogP contribution in [0.15, 0.2) is 30.5 Å². The average molecular weight is 235 g/mol. The summed E-state index contributed by atoms with van der Waals surface area (Å²) in [5.41, 5.74) is 1.29. The van der Waals surface area contributed by atoms with Crippen LogP contribution in [0.4, 0.5) is 0 Å². The fourth-order valence-corrected chi connectivity index (χ4v) is 4.30. The molecule has 0 unspecified atom stereocenters. The van der Waals surface area contributed by atoms with Crippen molar-refractivity contribution in [2.45, 2.75) is 17.3 Å². The Labute approximate surface area is 81.1 Å². The number of hydrogen-bond donors (Lipinski definition) is 0. The first kappa shape index (κ1) is 8.81. The summed E-state index contributed by atoms with van der Waals surface area (Å²) in [5.74, 6) is 7.04. The van der Waals surface area contributed by atoms with Crippen LogP contribution in [0.25, 0.3) is 10.9 Å². The molecule has 0 saturated carbocycles. The van der Waals surface area contributed by atoms with Crippen molar-refractivity contribution in [2.24, 2.45) is 0 Å². The van der Waals surface area contributed by atoms with Crippen LogP contribution >= 0.6 is 0 Å². The molecule has 13 heavy (non-hydrogen) atoms. The van der Waals surface area contributed by atoms with Crippen LogP contribution in [0.3, 0.4) is 0 Å². The number of aromatic nitrogens is 2. The minimum atomic E-state index is -1.83. The van der Waals surface area contributed by atoms with Gasteiger partial charge in [-0.2, -0.15) is 0 Å². The Bertz CT molecular complexity index is 426. The predicted molar refractivity (Wildman–Crippen MR) is 58.5 cm³/mol. The van der Waals surface area contributed by atoms with Crippen molar-refractivity contribution in [3.63, 3.8) is 0 Å². The molecule has 0 aliphatic carbocycles. The van der Waals surface area contributed by atoms with Gasteiger partial charge in [-0.25, -0.2) is 0 Å². The second kappa shape index (κ2) is 2.87. The van der Waals surface area contributed by atoms with Crippen LogP contribution in [0.1, 0.15) is 0 Å². The van der Waals surface area contributed by atoms with Crippen molar-refractivity contribution >= 4 is 24.4 Å². The SMILES string of the molecule is [CH3][Ge]([CH3])([CH3])[n]1ncc2ccccc21. The minimum absolute atomic E-state index is 1.25. The summed E-state index contributed by atoms with van der Waals surface area (Å²) in [6.07, 6.45) is 1.96. The van der Waals surface area contributed by atoms with Crippen LogP contribution in [0.2, 0.25) is 17.3 Å². The molecule has 2 aromatic rings. The Morgan fingerprint density at radius 2 is 1.85 bits per heavy atom. The quantitative estimate of drug-likeness (QED) is 0.694. The van der Waals surface area contributed by atoms with Crippen molar-refractivity contribution in [3.8, 4) is 0 Å². The zero-order chi connectivity index (χ0) is 9.47. The molecule has 2 nitrogen and oxygen atoms in total. The van der Waals surface area contributed by atoms with E-state index in [2.05, 4.69) is 50.3 Å². The molecule has 1 heterocycles. The van der Waals surface area contributed by atoms with E-state index in [1.165, 1.54) is 10.9 Å². The van der Waals surface area contributed by atoms with E-state index < -0.39 is 13.5 Å². The van der Waals surface area contributed by atoms with Gasteiger partial charge in [0.25, 0.3) is 0 Å². The molecular weight excluding hydrogens is 221 g/mol. The van der Waals surface area contributed by atoms with Crippen LogP contribution in [-0.2, 0) is 0 Å². The van der Waals surface area contributed by atoms with Gasteiger partial charge in [0.2, 0.25) is 0 Å². The second-order valence-electron chi connectivity index (χ2n) is 4.29. The van der Waals surface area contributed by atoms with E-state index in [1.54, 1.807) is 0 Å². The molecule has 68 valence electrons. The first-order valence-corrected chi connectivity index (χ1v) is 11.8. The van der Waals surface area contributed by atoms with Crippen LogP contribution in [0.5, 0.6) is 0 Å². The van der Waals surface area contributed by atoms with Gasteiger partial charge in [0.1, 0.15) is 0 Å². The summed E-state index contributed by atoms with van der Waals surface area (Å²) >= 11 is -1.83. The first-order chi connectivity index (χ1) is 6.09. The number of nitrogens with zero attached hydrogens (tertiary/aromatic N) is 2. The molecule has 0 N–H and O–H groups in total. The summed E-state index contributed by atoms with van der Waals surface area (Å²) < 4.78 is 2.25. The van der Waals surface area contributed by atoms with Gasteiger partial charge in [0, 0.05) is 0 Å². The summed E-state index contributed by atoms with van der Waals surface area (Å²) in [4.78, 5) is 0. The van der Waals surface area contributed by atoms with Crippen molar-refractivity contribution in [1.29, 1.82) is 0 Å². The molecule has 0 aliphatic rings. The molecule has 3 heteroatoms. The zero-order valence-corrected chi connectivity index (χ0v) is 10.4. The van der Waals surface area contributed by atoms with Gasteiger partial charge < -0.3 is 0 Å². The van der Waals surface area contributed by atoms with E-state index in [0.29, 0.717) is 0 Å². The maximum absolute atomic E-state index is 4.47. The molecule has 0 fully saturated rings. The predicted octanol–water partition coefficient (Wildman–Crippen LogP) is 2.72. The van der Waals surface area contributed by atoms with Gasteiger partial charge in [0.15, 0.2) is 0 Å². The molecular formula is C10H14GeN2. The Hall–Kier alpha value is -0.767. The number of hydrogen-bond acceptors (Lipinski definition) is 1. The third-order valence-electron chi connectivity index (χ3n) is 2.11. The molecule has 0 aliphatic heterocycles. The van der Waals surface area contributed by atoms with Crippen LogP contribution in [0, 0.1) is 0 Å². The van der Waals surface area contributed by atoms with Crippen molar-refractivity contribution in [3.05, 3.63) is 30.5 Å². The third kappa shape index (κ3) is 1.50. The molecule has 1 aromatic heterocycles. The Morgan fingerprint density at radius 1 is 1.15 bits per heavy atom. The Balaban J connectivity index is 2.72. The summed E-state index contributed by atoms with van der Waals surface area (Å²) in [6, 6.07) is 8.41. The van der Waals surface area contributed by atoms with Crippen molar-refractivity contribution in [1.82, 2.24) is 8.74 Å². The molecule has 1 aromatic carbocycles. The van der Waals surface area contributed by atoms with E-state index in [9.17, 15) is 0 Å². The molecule has 0 saturated heterocycles. The van der Waals surface area contributed by atoms with Gasteiger partial charge in [0.05, 0.1) is 0 Å². The Kier molecular flexibility index (Phi) is 1.95. The number of fused-ring (bicyclic) bond motifs is 1. The number of rotatable bonds is 1. The van der Waals surface area contributed by atoms with Gasteiger partial charge in [-0.15, -0.1) is 0 Å². The van der Waals surface area contributed by atoms with E-state index in [4.69, 9.17) is 0 Å². The van der Waals surface area contributed by atoms with E-state index >= 15 is 0 Å². The van der Waals surface area contributed by atoms with E-state index in [1.807, 2.05) is 6.20 Å². The summed E-state index contributed by atoms with van der Waals surface area (Å²) in [7, 11) is 0. The number of benzene rings is 1. The Morgan fingerprint density at radius 3 is 2.54 bits per heavy atom. The maximum atomic E-state index is 4.47. The molecule has 0 bridgehead atoms. The third-order valence-corrected chi connectivity index (χ3v) is 5.53. The topological polar surface area (TPSA) is 17.8 Å². The van der Waals surface area contributed by atoms with Gasteiger partial charge in [-0.05, 0) is 0 Å². The van der Waals surface area contributed by atoms with Crippen LogP contribution in [-0.4, -0.2) is 22.2 Å². The van der Waals surface area contributed by atoms with Gasteiger partial charge >= 0.3 is 80.9 Å². The van der Waals surface area contributed by atoms with Gasteiger partial charge in [-0.1, -0.05) is 0 Å². The molecule has 0 spiro atoms. The van der Waals surface area contributed by atoms with Gasteiger partial charge in [-0.3, -0.25) is 0 Å². The normalized spacial score (nSPS) is 12.2. The van der Waals surface area contributed by atoms with Crippen molar-refractivity contribution in [2.75, 3.05) is 0 Å². The van der Waals surface area contributed by atoms with E-state index in [-0.39, 0.29) is 0 Å². The molecule has 0 radical (unpaired) electrons. The molecule has 2 rings (SSSR count). The standard InChI is InChI=1S/C10H14GeN2/c1-11(2,3)13-10-7-5-4-6-9(10)8-12-13/h4-8H,1-3H3. The summed E-state index contributed by atoms with van der Waals surface area (Å²) in [6.45, 7) is 0. The van der Waals surface area contributed by atoms with Crippen molar-refractivity contribution < 1.29 is 0 Å². The average Bonchev–Trinajstić information content (AvgIpc) is 2.45.